The largest absolute Gasteiger partial charge is 0.462 e. The third-order valence-electron chi connectivity index (χ3n) is 9.35. The molecule has 1 unspecified atom stereocenters. The lowest BCUT2D eigenvalue weighted by atomic mass is 10.1. The molecule has 0 aliphatic rings. The van der Waals surface area contributed by atoms with Gasteiger partial charge in [-0.1, -0.05) is 184 Å². The van der Waals surface area contributed by atoms with Crippen molar-refractivity contribution in [3.8, 4) is 0 Å². The average Bonchev–Trinajstić information content (AvgIpc) is 3.17. The fraction of sp³-hybridized carbons (Fsp3) is 0.729. The second-order valence-electron chi connectivity index (χ2n) is 14.7. The maximum atomic E-state index is 12.7. The summed E-state index contributed by atoms with van der Waals surface area (Å²) in [5.41, 5.74) is 0. The topological polar surface area (TPSA) is 78.9 Å². The first kappa shape index (κ1) is 51.1. The average molecular weight is 755 g/mol. The van der Waals surface area contributed by atoms with E-state index in [4.69, 9.17) is 14.2 Å². The Hall–Kier alpha value is -2.89. The van der Waals surface area contributed by atoms with E-state index < -0.39 is 6.10 Å². The molecule has 0 N–H and O–H groups in total. The van der Waals surface area contributed by atoms with Crippen LogP contribution < -0.4 is 0 Å². The van der Waals surface area contributed by atoms with E-state index in [1.54, 1.807) is 0 Å². The Morgan fingerprint density at radius 3 is 1.20 bits per heavy atom. The summed E-state index contributed by atoms with van der Waals surface area (Å²) in [7, 11) is 0. The SMILES string of the molecule is CC\C=C/C=C\C=C/C=C\CCCCCC(=O)OC(COC(=O)CCCCC/C=C\CCCCCCCCC)COC(=O)CCCCCCCCCCC. The number of allylic oxidation sites excluding steroid dienone is 10. The Labute approximate surface area is 332 Å². The molecule has 1 atom stereocenters. The number of hydrogen-bond acceptors (Lipinski definition) is 6. The Morgan fingerprint density at radius 2 is 0.741 bits per heavy atom. The molecule has 0 radical (unpaired) electrons. The van der Waals surface area contributed by atoms with Gasteiger partial charge < -0.3 is 14.2 Å². The van der Waals surface area contributed by atoms with Crippen molar-refractivity contribution in [3.63, 3.8) is 0 Å². The number of ether oxygens (including phenoxy) is 3. The molecule has 6 nitrogen and oxygen atoms in total. The van der Waals surface area contributed by atoms with Gasteiger partial charge in [0.2, 0.25) is 0 Å². The summed E-state index contributed by atoms with van der Waals surface area (Å²) in [6.45, 7) is 6.41. The quantitative estimate of drug-likeness (QED) is 0.0204. The van der Waals surface area contributed by atoms with Gasteiger partial charge in [-0.05, 0) is 64.2 Å². The second kappa shape index (κ2) is 42.8. The van der Waals surface area contributed by atoms with Crippen LogP contribution in [0.15, 0.2) is 60.8 Å². The maximum Gasteiger partial charge on any atom is 0.306 e. The van der Waals surface area contributed by atoms with Crippen LogP contribution in [0.1, 0.15) is 207 Å². The van der Waals surface area contributed by atoms with Crippen LogP contribution in [0.2, 0.25) is 0 Å². The highest BCUT2D eigenvalue weighted by atomic mass is 16.6. The summed E-state index contributed by atoms with van der Waals surface area (Å²) < 4.78 is 16.6. The molecule has 0 saturated carbocycles. The van der Waals surface area contributed by atoms with E-state index in [0.717, 1.165) is 77.0 Å². The van der Waals surface area contributed by atoms with Crippen molar-refractivity contribution in [2.45, 2.75) is 213 Å². The Kier molecular flexibility index (Phi) is 40.6. The molecule has 0 aliphatic carbocycles. The number of carbonyl (C=O) groups excluding carboxylic acids is 3. The first-order valence-electron chi connectivity index (χ1n) is 22.3. The summed E-state index contributed by atoms with van der Waals surface area (Å²) in [6.07, 6.45) is 50.6. The number of esters is 3. The molecule has 0 heterocycles. The van der Waals surface area contributed by atoms with Crippen molar-refractivity contribution in [1.29, 1.82) is 0 Å². The highest BCUT2D eigenvalue weighted by Crippen LogP contribution is 2.13. The van der Waals surface area contributed by atoms with Crippen molar-refractivity contribution < 1.29 is 28.6 Å². The number of carbonyl (C=O) groups is 3. The molecule has 0 bridgehead atoms. The smallest absolute Gasteiger partial charge is 0.306 e. The van der Waals surface area contributed by atoms with Gasteiger partial charge in [-0.15, -0.1) is 0 Å². The molecular weight excluding hydrogens is 673 g/mol. The van der Waals surface area contributed by atoms with Gasteiger partial charge >= 0.3 is 17.9 Å². The minimum atomic E-state index is -0.795. The number of hydrogen-bond donors (Lipinski definition) is 0. The zero-order valence-electron chi connectivity index (χ0n) is 35.2. The zero-order valence-corrected chi connectivity index (χ0v) is 35.2. The normalized spacial score (nSPS) is 12.6. The number of rotatable bonds is 39. The lowest BCUT2D eigenvalue weighted by Crippen LogP contribution is -2.30. The van der Waals surface area contributed by atoms with Crippen molar-refractivity contribution in [2.75, 3.05) is 13.2 Å². The van der Waals surface area contributed by atoms with Gasteiger partial charge in [-0.2, -0.15) is 0 Å². The molecule has 0 amide bonds. The molecular formula is C48H82O6. The van der Waals surface area contributed by atoms with Gasteiger partial charge in [0.1, 0.15) is 13.2 Å². The van der Waals surface area contributed by atoms with Crippen molar-refractivity contribution in [2.24, 2.45) is 0 Å². The van der Waals surface area contributed by atoms with Crippen LogP contribution in [0.4, 0.5) is 0 Å². The summed E-state index contributed by atoms with van der Waals surface area (Å²) in [4.78, 5) is 37.6. The molecule has 6 heteroatoms. The second-order valence-corrected chi connectivity index (χ2v) is 14.7. The molecule has 0 spiro atoms. The predicted octanol–water partition coefficient (Wildman–Crippen LogP) is 14.1. The zero-order chi connectivity index (χ0) is 39.4. The van der Waals surface area contributed by atoms with Gasteiger partial charge in [-0.3, -0.25) is 14.4 Å². The third-order valence-corrected chi connectivity index (χ3v) is 9.35. The number of unbranched alkanes of at least 4 members (excludes halogenated alkanes) is 21. The Balaban J connectivity index is 4.45. The van der Waals surface area contributed by atoms with E-state index in [1.165, 1.54) is 83.5 Å². The Bertz CT molecular complexity index is 1010. The van der Waals surface area contributed by atoms with Crippen LogP contribution in [0.25, 0.3) is 0 Å². The van der Waals surface area contributed by atoms with E-state index in [2.05, 4.69) is 45.1 Å². The van der Waals surface area contributed by atoms with Gasteiger partial charge in [0, 0.05) is 19.3 Å². The molecule has 0 rings (SSSR count). The molecule has 0 aromatic carbocycles. The fourth-order valence-electron chi connectivity index (χ4n) is 5.97. The van der Waals surface area contributed by atoms with Crippen LogP contribution in [0.5, 0.6) is 0 Å². The van der Waals surface area contributed by atoms with E-state index in [0.29, 0.717) is 19.3 Å². The van der Waals surface area contributed by atoms with Crippen LogP contribution in [-0.2, 0) is 28.6 Å². The van der Waals surface area contributed by atoms with Crippen LogP contribution in [0.3, 0.4) is 0 Å². The lowest BCUT2D eigenvalue weighted by molar-refractivity contribution is -0.167. The standard InChI is InChI=1S/C48H82O6/c1-4-7-10-13-16-19-21-23-25-26-29-32-35-38-41-47(50)53-44-45(43-52-46(49)40-37-34-31-28-18-15-12-9-6-3)54-48(51)42-39-36-33-30-27-24-22-20-17-14-11-8-5-2/h8,11,14,17,20,22,24-27,45H,4-7,9-10,12-13,15-16,18-19,21,23,28-44H2,1-3H3/b11-8-,17-14-,22-20-,26-25-,27-24-. The highest BCUT2D eigenvalue weighted by molar-refractivity contribution is 5.71. The Morgan fingerprint density at radius 1 is 0.389 bits per heavy atom. The summed E-state index contributed by atoms with van der Waals surface area (Å²) >= 11 is 0. The molecule has 310 valence electrons. The van der Waals surface area contributed by atoms with Crippen molar-refractivity contribution in [1.82, 2.24) is 0 Å². The van der Waals surface area contributed by atoms with Crippen LogP contribution in [0, 0.1) is 0 Å². The minimum absolute atomic E-state index is 0.0944. The van der Waals surface area contributed by atoms with E-state index in [-0.39, 0.29) is 37.5 Å². The lowest BCUT2D eigenvalue weighted by Gasteiger charge is -2.18. The van der Waals surface area contributed by atoms with Crippen molar-refractivity contribution >= 4 is 17.9 Å². The third kappa shape index (κ3) is 40.3. The van der Waals surface area contributed by atoms with Gasteiger partial charge in [0.05, 0.1) is 0 Å². The van der Waals surface area contributed by atoms with Gasteiger partial charge in [0.15, 0.2) is 6.10 Å². The summed E-state index contributed by atoms with van der Waals surface area (Å²) in [5, 5.41) is 0. The van der Waals surface area contributed by atoms with Gasteiger partial charge in [0.25, 0.3) is 0 Å². The summed E-state index contributed by atoms with van der Waals surface area (Å²) in [5.74, 6) is -0.957. The first-order valence-corrected chi connectivity index (χ1v) is 22.3. The van der Waals surface area contributed by atoms with Crippen molar-refractivity contribution in [3.05, 3.63) is 60.8 Å². The van der Waals surface area contributed by atoms with Gasteiger partial charge in [-0.25, -0.2) is 0 Å². The fourth-order valence-corrected chi connectivity index (χ4v) is 5.97. The molecule has 54 heavy (non-hydrogen) atoms. The molecule has 0 saturated heterocycles. The summed E-state index contributed by atoms with van der Waals surface area (Å²) in [6, 6.07) is 0. The highest BCUT2D eigenvalue weighted by Gasteiger charge is 2.19. The first-order chi connectivity index (χ1) is 26.5. The minimum Gasteiger partial charge on any atom is -0.462 e. The van der Waals surface area contributed by atoms with E-state index in [9.17, 15) is 14.4 Å². The van der Waals surface area contributed by atoms with Crippen LogP contribution >= 0.6 is 0 Å². The molecule has 0 fully saturated rings. The molecule has 0 aliphatic heterocycles. The van der Waals surface area contributed by atoms with E-state index in [1.807, 2.05) is 36.5 Å². The molecule has 0 aromatic heterocycles. The van der Waals surface area contributed by atoms with E-state index >= 15 is 0 Å². The maximum absolute atomic E-state index is 12.7. The van der Waals surface area contributed by atoms with Crippen LogP contribution in [-0.4, -0.2) is 37.2 Å². The molecule has 0 aromatic rings. The monoisotopic (exact) mass is 755 g/mol. The predicted molar refractivity (Wildman–Crippen MR) is 228 cm³/mol.